The van der Waals surface area contributed by atoms with Crippen LogP contribution in [0.25, 0.3) is 11.1 Å². The summed E-state index contributed by atoms with van der Waals surface area (Å²) < 4.78 is 78.4. The summed E-state index contributed by atoms with van der Waals surface area (Å²) in [6.45, 7) is 0. The molecule has 0 aliphatic rings. The first-order valence-corrected chi connectivity index (χ1v) is 5.76. The van der Waals surface area contributed by atoms with Crippen LogP contribution in [0, 0.1) is 0 Å². The van der Waals surface area contributed by atoms with Crippen LogP contribution in [0.5, 0.6) is 5.75 Å². The van der Waals surface area contributed by atoms with Crippen LogP contribution in [-0.2, 0) is 6.18 Å². The van der Waals surface area contributed by atoms with Crippen molar-refractivity contribution in [2.45, 2.75) is 12.5 Å². The molecule has 0 radical (unpaired) electrons. The monoisotopic (exact) mass is 322 g/mol. The molecular weight excluding hydrogens is 314 g/mol. The zero-order chi connectivity index (χ0) is 16.5. The molecule has 0 aliphatic heterocycles. The number of alkyl halides is 6. The van der Waals surface area contributed by atoms with E-state index < -0.39 is 29.7 Å². The second kappa shape index (κ2) is 5.39. The van der Waals surface area contributed by atoms with Gasteiger partial charge >= 0.3 is 12.5 Å². The molecule has 0 aliphatic carbocycles. The van der Waals surface area contributed by atoms with E-state index in [1.165, 1.54) is 18.2 Å². The molecule has 0 saturated heterocycles. The largest absolute Gasteiger partial charge is 0.573 e. The quantitative estimate of drug-likeness (QED) is 0.841. The molecule has 0 spiro atoms. The highest BCUT2D eigenvalue weighted by atomic mass is 19.4. The van der Waals surface area contributed by atoms with Crippen molar-refractivity contribution in [2.75, 3.05) is 5.73 Å². The average molecular weight is 322 g/mol. The highest BCUT2D eigenvalue weighted by Crippen LogP contribution is 2.37. The van der Waals surface area contributed by atoms with E-state index in [-0.39, 0.29) is 11.1 Å². The summed E-state index contributed by atoms with van der Waals surface area (Å²) in [5.41, 5.74) is 3.43. The van der Waals surface area contributed by atoms with E-state index in [1.807, 2.05) is 0 Å². The molecule has 0 atom stereocenters. The summed E-state index contributed by atoms with van der Waals surface area (Å²) in [7, 11) is 0. The van der Waals surface area contributed by atoms with E-state index in [0.717, 1.165) is 18.3 Å². The van der Waals surface area contributed by atoms with Crippen molar-refractivity contribution in [3.8, 4) is 16.9 Å². The maximum Gasteiger partial charge on any atom is 0.573 e. The van der Waals surface area contributed by atoms with Crippen LogP contribution in [0.3, 0.4) is 0 Å². The molecule has 0 bridgehead atoms. The maximum atomic E-state index is 12.7. The van der Waals surface area contributed by atoms with Gasteiger partial charge in [-0.05, 0) is 23.8 Å². The Bertz CT molecular complexity index is 681. The Morgan fingerprint density at radius 1 is 1.00 bits per heavy atom. The number of aromatic nitrogens is 1. The fourth-order valence-corrected chi connectivity index (χ4v) is 1.81. The lowest BCUT2D eigenvalue weighted by atomic mass is 10.0. The van der Waals surface area contributed by atoms with Crippen molar-refractivity contribution in [1.29, 1.82) is 0 Å². The molecule has 0 fully saturated rings. The van der Waals surface area contributed by atoms with Crippen molar-refractivity contribution in [3.63, 3.8) is 0 Å². The molecule has 9 heteroatoms. The number of benzene rings is 1. The molecule has 1 heterocycles. The number of ether oxygens (including phenoxy) is 1. The molecule has 22 heavy (non-hydrogen) atoms. The molecule has 118 valence electrons. The van der Waals surface area contributed by atoms with E-state index in [9.17, 15) is 26.3 Å². The number of rotatable bonds is 2. The minimum atomic E-state index is -4.90. The number of nitrogen functional groups attached to an aromatic ring is 1. The topological polar surface area (TPSA) is 48.1 Å². The van der Waals surface area contributed by atoms with Gasteiger partial charge in [-0.1, -0.05) is 12.1 Å². The molecule has 0 amide bonds. The van der Waals surface area contributed by atoms with Gasteiger partial charge in [0, 0.05) is 11.8 Å². The minimum absolute atomic E-state index is 0.0483. The predicted molar refractivity (Wildman–Crippen MR) is 65.8 cm³/mol. The lowest BCUT2D eigenvalue weighted by Crippen LogP contribution is -2.17. The van der Waals surface area contributed by atoms with Crippen LogP contribution in [0.15, 0.2) is 36.5 Å². The number of halogens is 6. The molecule has 2 aromatic rings. The van der Waals surface area contributed by atoms with Crippen LogP contribution >= 0.6 is 0 Å². The highest BCUT2D eigenvalue weighted by molar-refractivity contribution is 5.78. The first-order valence-electron chi connectivity index (χ1n) is 5.76. The summed E-state index contributed by atoms with van der Waals surface area (Å²) in [6, 6.07) is 5.67. The smallest absolute Gasteiger partial charge is 0.406 e. The molecule has 3 nitrogen and oxygen atoms in total. The summed E-state index contributed by atoms with van der Waals surface area (Å²) in [5.74, 6) is -0.560. The van der Waals surface area contributed by atoms with Crippen molar-refractivity contribution in [3.05, 3.63) is 42.2 Å². The van der Waals surface area contributed by atoms with Crippen molar-refractivity contribution in [1.82, 2.24) is 4.98 Å². The fraction of sp³-hybridized carbons (Fsp3) is 0.154. The van der Waals surface area contributed by atoms with Gasteiger partial charge in [0.15, 0.2) is 5.69 Å². The molecule has 0 saturated carbocycles. The third-order valence-electron chi connectivity index (χ3n) is 2.64. The Morgan fingerprint density at radius 2 is 1.68 bits per heavy atom. The van der Waals surface area contributed by atoms with Crippen molar-refractivity contribution in [2.24, 2.45) is 0 Å². The van der Waals surface area contributed by atoms with Gasteiger partial charge in [0.1, 0.15) is 5.75 Å². The first kappa shape index (κ1) is 15.9. The van der Waals surface area contributed by atoms with Crippen LogP contribution < -0.4 is 10.5 Å². The van der Waals surface area contributed by atoms with Gasteiger partial charge in [-0.25, -0.2) is 4.98 Å². The molecule has 1 aromatic carbocycles. The zero-order valence-corrected chi connectivity index (χ0v) is 10.7. The number of anilines is 1. The van der Waals surface area contributed by atoms with Gasteiger partial charge in [0.05, 0.1) is 5.69 Å². The van der Waals surface area contributed by atoms with E-state index in [4.69, 9.17) is 5.73 Å². The normalized spacial score (nSPS) is 12.3. The summed E-state index contributed by atoms with van der Waals surface area (Å²) in [6.07, 6.45) is -8.79. The van der Waals surface area contributed by atoms with Crippen LogP contribution in [0.2, 0.25) is 0 Å². The fourth-order valence-electron chi connectivity index (χ4n) is 1.81. The maximum absolute atomic E-state index is 12.7. The van der Waals surface area contributed by atoms with Gasteiger partial charge in [-0.15, -0.1) is 13.2 Å². The Balaban J connectivity index is 2.47. The van der Waals surface area contributed by atoms with E-state index in [2.05, 4.69) is 9.72 Å². The number of nitrogens with two attached hydrogens (primary N) is 1. The third-order valence-corrected chi connectivity index (χ3v) is 2.64. The SMILES string of the molecule is Nc1c(-c2cccc(OC(F)(F)F)c2)ccnc1C(F)(F)F. The second-order valence-electron chi connectivity index (χ2n) is 4.19. The van der Waals surface area contributed by atoms with Crippen LogP contribution in [0.4, 0.5) is 32.0 Å². The number of pyridine rings is 1. The van der Waals surface area contributed by atoms with E-state index in [0.29, 0.717) is 0 Å². The standard InChI is InChI=1S/C13H8F6N2O/c14-12(15,16)11-10(20)9(4-5-21-11)7-2-1-3-8(6-7)22-13(17,18)19/h1-6H,20H2. The van der Waals surface area contributed by atoms with Gasteiger partial charge in [-0.3, -0.25) is 0 Å². The van der Waals surface area contributed by atoms with E-state index in [1.54, 1.807) is 0 Å². The Morgan fingerprint density at radius 3 is 2.27 bits per heavy atom. The van der Waals surface area contributed by atoms with Crippen LogP contribution in [-0.4, -0.2) is 11.3 Å². The summed E-state index contributed by atoms with van der Waals surface area (Å²) >= 11 is 0. The molecule has 2 N–H and O–H groups in total. The number of hydrogen-bond donors (Lipinski definition) is 1. The Labute approximate surface area is 120 Å². The second-order valence-corrected chi connectivity index (χ2v) is 4.19. The van der Waals surface area contributed by atoms with Crippen molar-refractivity contribution >= 4 is 5.69 Å². The highest BCUT2D eigenvalue weighted by Gasteiger charge is 2.36. The summed E-state index contributed by atoms with van der Waals surface area (Å²) in [4.78, 5) is 3.16. The van der Waals surface area contributed by atoms with Gasteiger partial charge in [0.2, 0.25) is 0 Å². The number of hydrogen-bond acceptors (Lipinski definition) is 3. The van der Waals surface area contributed by atoms with Gasteiger partial charge < -0.3 is 10.5 Å². The first-order chi connectivity index (χ1) is 10.1. The third kappa shape index (κ3) is 3.60. The van der Waals surface area contributed by atoms with Crippen LogP contribution in [0.1, 0.15) is 5.69 Å². The number of nitrogens with zero attached hydrogens (tertiary/aromatic N) is 1. The van der Waals surface area contributed by atoms with E-state index >= 15 is 0 Å². The molecule has 2 rings (SSSR count). The lowest BCUT2D eigenvalue weighted by molar-refractivity contribution is -0.274. The summed E-state index contributed by atoms with van der Waals surface area (Å²) in [5, 5.41) is 0. The lowest BCUT2D eigenvalue weighted by Gasteiger charge is -2.14. The average Bonchev–Trinajstić information content (AvgIpc) is 2.35. The van der Waals surface area contributed by atoms with Gasteiger partial charge in [0.25, 0.3) is 0 Å². The van der Waals surface area contributed by atoms with Crippen molar-refractivity contribution < 1.29 is 31.1 Å². The predicted octanol–water partition coefficient (Wildman–Crippen LogP) is 4.25. The minimum Gasteiger partial charge on any atom is -0.406 e. The molecular formula is C13H8F6N2O. The molecule has 0 unspecified atom stereocenters. The Hall–Kier alpha value is -2.45. The zero-order valence-electron chi connectivity index (χ0n) is 10.7. The molecule has 1 aromatic heterocycles. The Kier molecular flexibility index (Phi) is 3.90. The van der Waals surface area contributed by atoms with Gasteiger partial charge in [-0.2, -0.15) is 13.2 Å².